The minimum Gasteiger partial charge on any atom is -0.315 e. The molecule has 1 saturated carbocycles. The van der Waals surface area contributed by atoms with Crippen LogP contribution in [0.5, 0.6) is 0 Å². The van der Waals surface area contributed by atoms with E-state index >= 15 is 0 Å². The SMILES string of the molecule is O=C(N/C=C/C1CCCCC1)Nc1c(F)cccc1F. The van der Waals surface area contributed by atoms with E-state index in [1.165, 1.54) is 25.3 Å². The van der Waals surface area contributed by atoms with E-state index in [1.807, 2.05) is 6.08 Å². The number of hydrogen-bond donors (Lipinski definition) is 2. The van der Waals surface area contributed by atoms with Gasteiger partial charge in [0.1, 0.15) is 17.3 Å². The molecule has 1 aromatic carbocycles. The summed E-state index contributed by atoms with van der Waals surface area (Å²) in [5.41, 5.74) is -0.434. The lowest BCUT2D eigenvalue weighted by atomic mass is 9.89. The van der Waals surface area contributed by atoms with Crippen LogP contribution in [0.1, 0.15) is 32.1 Å². The molecule has 3 nitrogen and oxygen atoms in total. The molecule has 0 aliphatic heterocycles. The van der Waals surface area contributed by atoms with Crippen molar-refractivity contribution < 1.29 is 13.6 Å². The maximum atomic E-state index is 13.3. The average Bonchev–Trinajstić information content (AvgIpc) is 2.44. The maximum absolute atomic E-state index is 13.3. The Morgan fingerprint density at radius 1 is 1.15 bits per heavy atom. The van der Waals surface area contributed by atoms with Gasteiger partial charge in [-0.2, -0.15) is 0 Å². The molecule has 2 N–H and O–H groups in total. The highest BCUT2D eigenvalue weighted by Gasteiger charge is 2.12. The monoisotopic (exact) mass is 280 g/mol. The summed E-state index contributed by atoms with van der Waals surface area (Å²) in [6.07, 6.45) is 9.43. The predicted molar refractivity (Wildman–Crippen MR) is 74.2 cm³/mol. The van der Waals surface area contributed by atoms with Crippen LogP contribution >= 0.6 is 0 Å². The fourth-order valence-corrected chi connectivity index (χ4v) is 2.35. The number of carbonyl (C=O) groups excluding carboxylic acids is 1. The van der Waals surface area contributed by atoms with E-state index in [0.29, 0.717) is 5.92 Å². The Bertz CT molecular complexity index is 476. The fourth-order valence-electron chi connectivity index (χ4n) is 2.35. The Morgan fingerprint density at radius 3 is 2.45 bits per heavy atom. The molecule has 0 bridgehead atoms. The molecule has 2 amide bonds. The molecule has 20 heavy (non-hydrogen) atoms. The third-order valence-corrected chi connectivity index (χ3v) is 3.43. The van der Waals surface area contributed by atoms with Crippen molar-refractivity contribution in [3.63, 3.8) is 0 Å². The molecule has 0 saturated heterocycles. The first kappa shape index (κ1) is 14.5. The van der Waals surface area contributed by atoms with E-state index in [9.17, 15) is 13.6 Å². The number of urea groups is 1. The van der Waals surface area contributed by atoms with Gasteiger partial charge in [0, 0.05) is 6.20 Å². The Morgan fingerprint density at radius 2 is 1.80 bits per heavy atom. The number of anilines is 1. The van der Waals surface area contributed by atoms with Gasteiger partial charge in [0.05, 0.1) is 0 Å². The minimum atomic E-state index is -0.795. The standard InChI is InChI=1S/C15H18F2N2O/c16-12-7-4-8-13(17)14(12)19-15(20)18-10-9-11-5-2-1-3-6-11/h4,7-11H,1-3,5-6H2,(H2,18,19,20)/b10-9+. The molecule has 1 aliphatic carbocycles. The smallest absolute Gasteiger partial charge is 0.315 e. The van der Waals surface area contributed by atoms with Crippen LogP contribution in [0.25, 0.3) is 0 Å². The summed E-state index contributed by atoms with van der Waals surface area (Å²) < 4.78 is 26.6. The molecule has 0 atom stereocenters. The second kappa shape index (κ2) is 7.03. The van der Waals surface area contributed by atoms with Gasteiger partial charge < -0.3 is 10.6 Å². The van der Waals surface area contributed by atoms with Crippen molar-refractivity contribution in [2.45, 2.75) is 32.1 Å². The first-order valence-corrected chi connectivity index (χ1v) is 6.85. The van der Waals surface area contributed by atoms with E-state index < -0.39 is 23.4 Å². The van der Waals surface area contributed by atoms with E-state index in [0.717, 1.165) is 25.0 Å². The van der Waals surface area contributed by atoms with Gasteiger partial charge in [0.25, 0.3) is 0 Å². The number of amides is 2. The Hall–Kier alpha value is -1.91. The molecule has 0 spiro atoms. The zero-order chi connectivity index (χ0) is 14.4. The van der Waals surface area contributed by atoms with Gasteiger partial charge in [-0.15, -0.1) is 0 Å². The van der Waals surface area contributed by atoms with Gasteiger partial charge in [0.15, 0.2) is 0 Å². The van der Waals surface area contributed by atoms with Crippen molar-refractivity contribution in [3.8, 4) is 0 Å². The Balaban J connectivity index is 1.84. The summed E-state index contributed by atoms with van der Waals surface area (Å²) in [6, 6.07) is 2.78. The van der Waals surface area contributed by atoms with E-state index in [1.54, 1.807) is 6.20 Å². The molecule has 2 rings (SSSR count). The summed E-state index contributed by atoms with van der Waals surface area (Å²) >= 11 is 0. The largest absolute Gasteiger partial charge is 0.323 e. The van der Waals surface area contributed by atoms with Crippen LogP contribution < -0.4 is 10.6 Å². The summed E-state index contributed by atoms with van der Waals surface area (Å²) in [6.45, 7) is 0. The number of carbonyl (C=O) groups is 1. The first-order valence-electron chi connectivity index (χ1n) is 6.85. The quantitative estimate of drug-likeness (QED) is 0.856. The van der Waals surface area contributed by atoms with E-state index in [2.05, 4.69) is 10.6 Å². The van der Waals surface area contributed by atoms with Crippen molar-refractivity contribution in [2.24, 2.45) is 5.92 Å². The molecular formula is C15H18F2N2O. The van der Waals surface area contributed by atoms with Gasteiger partial charge in [-0.05, 0) is 30.9 Å². The lowest BCUT2D eigenvalue weighted by molar-refractivity contribution is 0.254. The van der Waals surface area contributed by atoms with Crippen LogP contribution in [-0.4, -0.2) is 6.03 Å². The summed E-state index contributed by atoms with van der Waals surface area (Å²) in [5, 5.41) is 4.63. The van der Waals surface area contributed by atoms with Crippen LogP contribution in [0.3, 0.4) is 0 Å². The Kier molecular flexibility index (Phi) is 5.09. The average molecular weight is 280 g/mol. The van der Waals surface area contributed by atoms with Gasteiger partial charge in [-0.1, -0.05) is 31.4 Å². The summed E-state index contributed by atoms with van der Waals surface area (Å²) in [4.78, 5) is 11.6. The number of benzene rings is 1. The lowest BCUT2D eigenvalue weighted by Crippen LogP contribution is -2.25. The van der Waals surface area contributed by atoms with Crippen LogP contribution in [0, 0.1) is 17.6 Å². The van der Waals surface area contributed by atoms with Crippen LogP contribution in [0.4, 0.5) is 19.3 Å². The van der Waals surface area contributed by atoms with Gasteiger partial charge in [0.2, 0.25) is 0 Å². The molecule has 0 heterocycles. The molecule has 5 heteroatoms. The maximum Gasteiger partial charge on any atom is 0.323 e. The number of nitrogens with one attached hydrogen (secondary N) is 2. The van der Waals surface area contributed by atoms with Crippen molar-refractivity contribution in [1.29, 1.82) is 0 Å². The molecule has 0 unspecified atom stereocenters. The lowest BCUT2D eigenvalue weighted by Gasteiger charge is -2.17. The molecule has 1 aliphatic rings. The molecule has 108 valence electrons. The topological polar surface area (TPSA) is 41.1 Å². The highest BCUT2D eigenvalue weighted by molar-refractivity contribution is 5.90. The van der Waals surface area contributed by atoms with Gasteiger partial charge in [-0.25, -0.2) is 13.6 Å². The predicted octanol–water partition coefficient (Wildman–Crippen LogP) is 4.18. The second-order valence-electron chi connectivity index (χ2n) is 4.95. The molecule has 1 fully saturated rings. The van der Waals surface area contributed by atoms with Crippen LogP contribution in [0.15, 0.2) is 30.5 Å². The van der Waals surface area contributed by atoms with E-state index in [-0.39, 0.29) is 0 Å². The van der Waals surface area contributed by atoms with Crippen molar-refractivity contribution >= 4 is 11.7 Å². The fraction of sp³-hybridized carbons (Fsp3) is 0.400. The third-order valence-electron chi connectivity index (χ3n) is 3.43. The van der Waals surface area contributed by atoms with Crippen molar-refractivity contribution in [1.82, 2.24) is 5.32 Å². The van der Waals surface area contributed by atoms with Crippen LogP contribution in [0.2, 0.25) is 0 Å². The summed E-state index contributed by atoms with van der Waals surface area (Å²) in [5.74, 6) is -1.11. The zero-order valence-corrected chi connectivity index (χ0v) is 11.2. The number of para-hydroxylation sites is 1. The highest BCUT2D eigenvalue weighted by atomic mass is 19.1. The van der Waals surface area contributed by atoms with Gasteiger partial charge >= 0.3 is 6.03 Å². The molecule has 1 aromatic rings. The van der Waals surface area contributed by atoms with Crippen LogP contribution in [-0.2, 0) is 0 Å². The first-order chi connectivity index (χ1) is 9.66. The molecular weight excluding hydrogens is 262 g/mol. The van der Waals surface area contributed by atoms with Crippen molar-refractivity contribution in [2.75, 3.05) is 5.32 Å². The zero-order valence-electron chi connectivity index (χ0n) is 11.2. The molecule has 0 aromatic heterocycles. The van der Waals surface area contributed by atoms with Crippen molar-refractivity contribution in [3.05, 3.63) is 42.1 Å². The normalized spacial score (nSPS) is 16.3. The number of halogens is 2. The van der Waals surface area contributed by atoms with E-state index in [4.69, 9.17) is 0 Å². The summed E-state index contributed by atoms with van der Waals surface area (Å²) in [7, 11) is 0. The number of rotatable bonds is 3. The molecule has 0 radical (unpaired) electrons. The third kappa shape index (κ3) is 4.05. The minimum absolute atomic E-state index is 0.434. The second-order valence-corrected chi connectivity index (χ2v) is 4.95. The highest BCUT2D eigenvalue weighted by Crippen LogP contribution is 2.24. The number of hydrogen-bond acceptors (Lipinski definition) is 1. The van der Waals surface area contributed by atoms with Gasteiger partial charge in [-0.3, -0.25) is 0 Å². The Labute approximate surface area is 117 Å². The number of allylic oxidation sites excluding steroid dienone is 1.